The lowest BCUT2D eigenvalue weighted by molar-refractivity contribution is -0.121. The molecule has 1 amide bonds. The highest BCUT2D eigenvalue weighted by Crippen LogP contribution is 2.24. The maximum Gasteiger partial charge on any atom is 0.242 e. The van der Waals surface area contributed by atoms with Gasteiger partial charge in [0.1, 0.15) is 11.7 Å². The van der Waals surface area contributed by atoms with E-state index in [0.717, 1.165) is 0 Å². The minimum Gasteiger partial charge on any atom is -0.369 e. The molecule has 0 aromatic heterocycles. The third-order valence-corrected chi connectivity index (χ3v) is 2.42. The van der Waals surface area contributed by atoms with E-state index in [-0.39, 0.29) is 6.07 Å². The molecule has 0 aliphatic carbocycles. The van der Waals surface area contributed by atoms with Crippen LogP contribution in [0, 0.1) is 23.3 Å². The van der Waals surface area contributed by atoms with Crippen LogP contribution in [0.5, 0.6) is 0 Å². The Balaban J connectivity index is 2.90. The van der Waals surface area contributed by atoms with Gasteiger partial charge in [-0.3, -0.25) is 4.79 Å². The maximum absolute atomic E-state index is 13.3. The standard InChI is InChI=1S/C12H14F4N2O/c1-3-4-17-12(19)6(2)18-11-9(15)7(13)5-8(14)10(11)16/h5-6,18H,3-4H2,1-2H3,(H,17,19). The Morgan fingerprint density at radius 3 is 2.21 bits per heavy atom. The molecule has 0 aliphatic rings. The molecule has 0 saturated heterocycles. The van der Waals surface area contributed by atoms with Gasteiger partial charge in [0.15, 0.2) is 23.3 Å². The number of rotatable bonds is 5. The van der Waals surface area contributed by atoms with Crippen molar-refractivity contribution in [2.24, 2.45) is 0 Å². The SMILES string of the molecule is CCCNC(=O)C(C)Nc1c(F)c(F)cc(F)c1F. The van der Waals surface area contributed by atoms with Crippen molar-refractivity contribution in [1.82, 2.24) is 5.32 Å². The maximum atomic E-state index is 13.3. The number of carbonyl (C=O) groups excluding carboxylic acids is 1. The fraction of sp³-hybridized carbons (Fsp3) is 0.417. The second kappa shape index (κ2) is 6.40. The summed E-state index contributed by atoms with van der Waals surface area (Å²) in [5.74, 6) is -6.70. The molecule has 0 heterocycles. The van der Waals surface area contributed by atoms with E-state index in [1.807, 2.05) is 6.92 Å². The molecule has 19 heavy (non-hydrogen) atoms. The van der Waals surface area contributed by atoms with Crippen LogP contribution in [0.15, 0.2) is 6.07 Å². The minimum atomic E-state index is -1.56. The zero-order chi connectivity index (χ0) is 14.6. The molecule has 2 N–H and O–H groups in total. The summed E-state index contributed by atoms with van der Waals surface area (Å²) < 4.78 is 52.6. The average molecular weight is 278 g/mol. The smallest absolute Gasteiger partial charge is 0.242 e. The van der Waals surface area contributed by atoms with Crippen LogP contribution >= 0.6 is 0 Å². The second-order valence-corrected chi connectivity index (χ2v) is 4.00. The highest BCUT2D eigenvalue weighted by molar-refractivity contribution is 5.84. The van der Waals surface area contributed by atoms with Crippen LogP contribution in [0.1, 0.15) is 20.3 Å². The van der Waals surface area contributed by atoms with Gasteiger partial charge in [0.25, 0.3) is 0 Å². The quantitative estimate of drug-likeness (QED) is 0.642. The van der Waals surface area contributed by atoms with Gasteiger partial charge in [-0.15, -0.1) is 0 Å². The number of hydrogen-bond donors (Lipinski definition) is 2. The first-order chi connectivity index (χ1) is 8.88. The Morgan fingerprint density at radius 1 is 1.21 bits per heavy atom. The van der Waals surface area contributed by atoms with Crippen LogP contribution in [0.4, 0.5) is 23.2 Å². The highest BCUT2D eigenvalue weighted by atomic mass is 19.2. The molecule has 1 aromatic rings. The molecule has 0 aliphatic heterocycles. The van der Waals surface area contributed by atoms with Gasteiger partial charge < -0.3 is 10.6 Å². The number of amides is 1. The third kappa shape index (κ3) is 3.59. The van der Waals surface area contributed by atoms with Gasteiger partial charge in [-0.05, 0) is 13.3 Å². The number of carbonyl (C=O) groups is 1. The van der Waals surface area contributed by atoms with Gasteiger partial charge in [0.05, 0.1) is 0 Å². The van der Waals surface area contributed by atoms with Crippen LogP contribution in [0.3, 0.4) is 0 Å². The van der Waals surface area contributed by atoms with E-state index in [1.165, 1.54) is 6.92 Å². The summed E-state index contributed by atoms with van der Waals surface area (Å²) in [7, 11) is 0. The molecule has 1 aromatic carbocycles. The van der Waals surface area contributed by atoms with Crippen molar-refractivity contribution in [2.75, 3.05) is 11.9 Å². The Kier molecular flexibility index (Phi) is 5.14. The average Bonchev–Trinajstić information content (AvgIpc) is 2.38. The Morgan fingerprint density at radius 2 is 1.74 bits per heavy atom. The van der Waals surface area contributed by atoms with Crippen molar-refractivity contribution in [3.63, 3.8) is 0 Å². The van der Waals surface area contributed by atoms with E-state index in [2.05, 4.69) is 10.6 Å². The van der Waals surface area contributed by atoms with Crippen molar-refractivity contribution >= 4 is 11.6 Å². The molecule has 0 fully saturated rings. The first kappa shape index (κ1) is 15.3. The lowest BCUT2D eigenvalue weighted by Gasteiger charge is -2.16. The molecular formula is C12H14F4N2O. The second-order valence-electron chi connectivity index (χ2n) is 4.00. The van der Waals surface area contributed by atoms with E-state index in [0.29, 0.717) is 13.0 Å². The third-order valence-electron chi connectivity index (χ3n) is 2.42. The van der Waals surface area contributed by atoms with Gasteiger partial charge >= 0.3 is 0 Å². The molecule has 0 radical (unpaired) electrons. The van der Waals surface area contributed by atoms with Crippen molar-refractivity contribution in [3.05, 3.63) is 29.3 Å². The summed E-state index contributed by atoms with van der Waals surface area (Å²) in [6, 6.07) is -0.922. The summed E-state index contributed by atoms with van der Waals surface area (Å²) in [5, 5.41) is 4.61. The fourth-order valence-corrected chi connectivity index (χ4v) is 1.38. The zero-order valence-corrected chi connectivity index (χ0v) is 10.5. The lowest BCUT2D eigenvalue weighted by atomic mass is 10.2. The molecular weight excluding hydrogens is 264 g/mol. The molecule has 1 unspecified atom stereocenters. The van der Waals surface area contributed by atoms with Crippen LogP contribution in [-0.4, -0.2) is 18.5 Å². The molecule has 1 atom stereocenters. The summed E-state index contributed by atoms with van der Waals surface area (Å²) in [6.07, 6.45) is 0.690. The largest absolute Gasteiger partial charge is 0.369 e. The number of anilines is 1. The number of nitrogens with one attached hydrogen (secondary N) is 2. The summed E-state index contributed by atoms with van der Waals surface area (Å²) in [6.45, 7) is 3.56. The van der Waals surface area contributed by atoms with Crippen LogP contribution in [-0.2, 0) is 4.79 Å². The van der Waals surface area contributed by atoms with Crippen molar-refractivity contribution < 1.29 is 22.4 Å². The Hall–Kier alpha value is -1.79. The first-order valence-electron chi connectivity index (χ1n) is 5.75. The van der Waals surface area contributed by atoms with Crippen molar-refractivity contribution in [3.8, 4) is 0 Å². The van der Waals surface area contributed by atoms with Crippen molar-refractivity contribution in [2.45, 2.75) is 26.3 Å². The molecule has 0 bridgehead atoms. The minimum absolute atomic E-state index is 0.109. The van der Waals surface area contributed by atoms with Crippen LogP contribution in [0.25, 0.3) is 0 Å². The highest BCUT2D eigenvalue weighted by Gasteiger charge is 2.22. The molecule has 106 valence electrons. The molecule has 3 nitrogen and oxygen atoms in total. The van der Waals surface area contributed by atoms with E-state index >= 15 is 0 Å². The van der Waals surface area contributed by atoms with Gasteiger partial charge in [-0.25, -0.2) is 17.6 Å². The zero-order valence-electron chi connectivity index (χ0n) is 10.5. The topological polar surface area (TPSA) is 41.1 Å². The van der Waals surface area contributed by atoms with Crippen molar-refractivity contribution in [1.29, 1.82) is 0 Å². The Labute approximate surface area is 108 Å². The normalized spacial score (nSPS) is 12.1. The summed E-state index contributed by atoms with van der Waals surface area (Å²) in [4.78, 5) is 11.5. The fourth-order valence-electron chi connectivity index (χ4n) is 1.38. The predicted octanol–water partition coefficient (Wildman–Crippen LogP) is 2.57. The number of hydrogen-bond acceptors (Lipinski definition) is 2. The summed E-state index contributed by atoms with van der Waals surface area (Å²) >= 11 is 0. The Bertz CT molecular complexity index is 453. The van der Waals surface area contributed by atoms with E-state index in [1.54, 1.807) is 0 Å². The number of halogens is 4. The van der Waals surface area contributed by atoms with Crippen LogP contribution in [0.2, 0.25) is 0 Å². The van der Waals surface area contributed by atoms with Gasteiger partial charge in [-0.2, -0.15) is 0 Å². The van der Waals surface area contributed by atoms with Gasteiger partial charge in [0, 0.05) is 12.6 Å². The molecule has 0 saturated carbocycles. The predicted molar refractivity (Wildman–Crippen MR) is 62.7 cm³/mol. The lowest BCUT2D eigenvalue weighted by Crippen LogP contribution is -2.38. The van der Waals surface area contributed by atoms with Gasteiger partial charge in [0.2, 0.25) is 5.91 Å². The molecule has 0 spiro atoms. The van der Waals surface area contributed by atoms with E-state index in [4.69, 9.17) is 0 Å². The van der Waals surface area contributed by atoms with Crippen LogP contribution < -0.4 is 10.6 Å². The first-order valence-corrected chi connectivity index (χ1v) is 5.75. The van der Waals surface area contributed by atoms with E-state index in [9.17, 15) is 22.4 Å². The number of benzene rings is 1. The molecule has 1 rings (SSSR count). The van der Waals surface area contributed by atoms with E-state index < -0.39 is 40.9 Å². The summed E-state index contributed by atoms with van der Waals surface area (Å²) in [5.41, 5.74) is -0.989. The monoisotopic (exact) mass is 278 g/mol. The van der Waals surface area contributed by atoms with Gasteiger partial charge in [-0.1, -0.05) is 6.92 Å². The molecule has 7 heteroatoms.